The molecule has 1 saturated carbocycles. The van der Waals surface area contributed by atoms with Crippen molar-refractivity contribution in [3.8, 4) is 5.75 Å². The number of halogens is 3. The Morgan fingerprint density at radius 3 is 2.46 bits per heavy atom. The lowest BCUT2D eigenvalue weighted by molar-refractivity contribution is -0.141. The fraction of sp³-hybridized carbons (Fsp3) is 0.488. The maximum absolute atomic E-state index is 13.3. The molecule has 2 aliphatic heterocycles. The number of amides is 3. The summed E-state index contributed by atoms with van der Waals surface area (Å²) in [6.45, 7) is 3.29. The Bertz CT molecular complexity index is 2440. The van der Waals surface area contributed by atoms with E-state index in [0.717, 1.165) is 98.7 Å². The van der Waals surface area contributed by atoms with E-state index in [1.165, 1.54) is 26.0 Å². The van der Waals surface area contributed by atoms with E-state index in [2.05, 4.69) is 26.6 Å². The molecule has 1 unspecified atom stereocenters. The highest BCUT2D eigenvalue weighted by Gasteiger charge is 2.34. The first-order valence-electron chi connectivity index (χ1n) is 20.5. The van der Waals surface area contributed by atoms with Crippen LogP contribution in [0.3, 0.4) is 0 Å². The van der Waals surface area contributed by atoms with Crippen LogP contribution in [0.4, 0.5) is 18.9 Å². The number of rotatable bonds is 11. The van der Waals surface area contributed by atoms with Gasteiger partial charge in [0.15, 0.2) is 0 Å². The van der Waals surface area contributed by atoms with Crippen molar-refractivity contribution in [3.63, 3.8) is 0 Å². The van der Waals surface area contributed by atoms with Gasteiger partial charge < -0.3 is 15.0 Å². The molecule has 8 rings (SSSR count). The van der Waals surface area contributed by atoms with Gasteiger partial charge >= 0.3 is 11.9 Å². The minimum Gasteiger partial charge on any atom is -0.494 e. The molecule has 59 heavy (non-hydrogen) atoms. The molecule has 3 aliphatic rings. The van der Waals surface area contributed by atoms with Crippen LogP contribution in [0.25, 0.3) is 21.9 Å². The number of aromatic nitrogens is 5. The number of pyridine rings is 1. The quantitative estimate of drug-likeness (QED) is 0.139. The van der Waals surface area contributed by atoms with Crippen molar-refractivity contribution in [2.75, 3.05) is 32.1 Å². The summed E-state index contributed by atoms with van der Waals surface area (Å²) in [5, 5.41) is 10.7. The van der Waals surface area contributed by atoms with Crippen LogP contribution in [0.5, 0.6) is 5.75 Å². The molecule has 1 aliphatic carbocycles. The van der Waals surface area contributed by atoms with Crippen LogP contribution in [0.1, 0.15) is 98.0 Å². The molecule has 16 heteroatoms. The van der Waals surface area contributed by atoms with Crippen molar-refractivity contribution in [2.45, 2.75) is 88.9 Å². The summed E-state index contributed by atoms with van der Waals surface area (Å²) in [7, 11) is 3.22. The van der Waals surface area contributed by atoms with E-state index >= 15 is 0 Å². The molecule has 5 heterocycles. The summed E-state index contributed by atoms with van der Waals surface area (Å²) in [5.41, 5.74) is 2.00. The van der Waals surface area contributed by atoms with Crippen LogP contribution in [0, 0.1) is 11.8 Å². The van der Waals surface area contributed by atoms with Crippen LogP contribution in [0.2, 0.25) is 0 Å². The number of aryl methyl sites for hydroxylation is 2. The van der Waals surface area contributed by atoms with Gasteiger partial charge in [-0.05, 0) is 113 Å². The zero-order chi connectivity index (χ0) is 41.4. The fourth-order valence-corrected chi connectivity index (χ4v) is 9.38. The predicted molar refractivity (Wildman–Crippen MR) is 215 cm³/mol. The van der Waals surface area contributed by atoms with Crippen LogP contribution in [0.15, 0.2) is 59.5 Å². The number of anilines is 1. The second-order valence-electron chi connectivity index (χ2n) is 16.4. The van der Waals surface area contributed by atoms with Crippen molar-refractivity contribution in [1.29, 1.82) is 0 Å². The molecular formula is C43H49F3N8O5. The number of para-hydroxylation sites is 1. The van der Waals surface area contributed by atoms with E-state index in [-0.39, 0.29) is 29.8 Å². The number of piperidine rings is 2. The number of methoxy groups -OCH3 is 1. The summed E-state index contributed by atoms with van der Waals surface area (Å²) in [6.07, 6.45) is 7.40. The van der Waals surface area contributed by atoms with E-state index in [1.807, 2.05) is 23.0 Å². The number of nitrogens with one attached hydrogen (secondary N) is 2. The van der Waals surface area contributed by atoms with Gasteiger partial charge in [-0.1, -0.05) is 24.6 Å². The molecule has 2 N–H and O–H groups in total. The number of alkyl halides is 3. The normalized spacial score (nSPS) is 20.9. The second-order valence-corrected chi connectivity index (χ2v) is 16.4. The summed E-state index contributed by atoms with van der Waals surface area (Å²) >= 11 is 0. The Kier molecular flexibility index (Phi) is 11.3. The number of hydrogen-bond donors (Lipinski definition) is 2. The number of hydrogen-bond acceptors (Lipinski definition) is 8. The Balaban J connectivity index is 0.806. The molecule has 13 nitrogen and oxygen atoms in total. The third-order valence-corrected chi connectivity index (χ3v) is 12.5. The first kappa shape index (κ1) is 40.3. The SMILES string of the molecule is COc1cc2nn(C3CCC(CN4CCC(CCCc5cccc6c5n(C)c(=O)n6C5CCC(=O)NC5=O)CC4)CC3)cc2cc1NC(=O)c1cccc(C(F)(F)F)n1. The Labute approximate surface area is 338 Å². The maximum atomic E-state index is 13.3. The number of likely N-dealkylation sites (tertiary alicyclic amines) is 1. The van der Waals surface area contributed by atoms with Gasteiger partial charge in [0.2, 0.25) is 11.8 Å². The Hall–Kier alpha value is -5.51. The number of imide groups is 1. The predicted octanol–water partition coefficient (Wildman–Crippen LogP) is 6.81. The molecule has 1 atom stereocenters. The van der Waals surface area contributed by atoms with E-state index in [1.54, 1.807) is 28.3 Å². The third-order valence-electron chi connectivity index (χ3n) is 12.5. The van der Waals surface area contributed by atoms with Gasteiger partial charge in [-0.25, -0.2) is 9.78 Å². The van der Waals surface area contributed by atoms with Crippen molar-refractivity contribution < 1.29 is 32.3 Å². The Morgan fingerprint density at radius 2 is 1.73 bits per heavy atom. The topological polar surface area (TPSA) is 145 Å². The molecule has 2 saturated heterocycles. The molecule has 312 valence electrons. The highest BCUT2D eigenvalue weighted by Crippen LogP contribution is 2.37. The lowest BCUT2D eigenvalue weighted by atomic mass is 9.84. The summed E-state index contributed by atoms with van der Waals surface area (Å²) in [6, 6.07) is 12.1. The molecule has 0 radical (unpaired) electrons. The van der Waals surface area contributed by atoms with Gasteiger partial charge in [0.05, 0.1) is 35.4 Å². The van der Waals surface area contributed by atoms with Gasteiger partial charge in [0.25, 0.3) is 5.91 Å². The zero-order valence-electron chi connectivity index (χ0n) is 33.3. The zero-order valence-corrected chi connectivity index (χ0v) is 33.3. The van der Waals surface area contributed by atoms with Crippen molar-refractivity contribution in [1.82, 2.24) is 34.1 Å². The summed E-state index contributed by atoms with van der Waals surface area (Å²) in [4.78, 5) is 56.7. The number of carbonyl (C=O) groups is 3. The molecular weight excluding hydrogens is 766 g/mol. The van der Waals surface area contributed by atoms with Crippen LogP contribution in [-0.2, 0) is 29.2 Å². The third kappa shape index (κ3) is 8.50. The van der Waals surface area contributed by atoms with Crippen molar-refractivity contribution in [2.24, 2.45) is 18.9 Å². The molecule has 0 bridgehead atoms. The number of nitrogens with zero attached hydrogens (tertiary/aromatic N) is 6. The number of imidazole rings is 1. The first-order valence-corrected chi connectivity index (χ1v) is 20.5. The average Bonchev–Trinajstić information content (AvgIpc) is 3.75. The molecule has 3 amide bonds. The smallest absolute Gasteiger partial charge is 0.433 e. The minimum absolute atomic E-state index is 0.216. The van der Waals surface area contributed by atoms with Gasteiger partial charge in [-0.2, -0.15) is 18.3 Å². The summed E-state index contributed by atoms with van der Waals surface area (Å²) < 4.78 is 50.2. The highest BCUT2D eigenvalue weighted by molar-refractivity contribution is 6.05. The molecule has 2 aromatic carbocycles. The molecule has 5 aromatic rings. The fourth-order valence-electron chi connectivity index (χ4n) is 9.38. The van der Waals surface area contributed by atoms with Crippen molar-refractivity contribution >= 4 is 45.3 Å². The van der Waals surface area contributed by atoms with Crippen LogP contribution >= 0.6 is 0 Å². The van der Waals surface area contributed by atoms with E-state index in [4.69, 9.17) is 9.84 Å². The standard InChI is InChI=1S/C43H49F3N8O5/c1-51-39-28(8-4-10-34(39)54(42(51)58)35-16-17-38(55)49-41(35)57)7-3-6-26-18-20-52(21-19-26)24-27-12-14-30(15-13-27)53-25-29-22-33(36(59-2)23-32(29)50-53)48-40(56)31-9-5-11-37(47-31)43(44,45)46/h4-5,8-11,22-23,25-27,30,35H,3,6-7,12-21,24H2,1-2H3,(H,48,56)(H,49,55,57). The highest BCUT2D eigenvalue weighted by atomic mass is 19.4. The van der Waals surface area contributed by atoms with Crippen molar-refractivity contribution in [3.05, 3.63) is 82.2 Å². The maximum Gasteiger partial charge on any atom is 0.433 e. The van der Waals surface area contributed by atoms with E-state index in [9.17, 15) is 32.3 Å². The largest absolute Gasteiger partial charge is 0.494 e. The number of carbonyl (C=O) groups excluding carboxylic acids is 3. The second kappa shape index (κ2) is 16.6. The van der Waals surface area contributed by atoms with Crippen LogP contribution in [-0.4, -0.2) is 73.3 Å². The first-order chi connectivity index (χ1) is 28.4. The van der Waals surface area contributed by atoms with Crippen LogP contribution < -0.4 is 21.1 Å². The monoisotopic (exact) mass is 814 g/mol. The lowest BCUT2D eigenvalue weighted by Crippen LogP contribution is -2.44. The van der Waals surface area contributed by atoms with E-state index in [0.29, 0.717) is 35.2 Å². The molecule has 3 fully saturated rings. The Morgan fingerprint density at radius 1 is 0.966 bits per heavy atom. The van der Waals surface area contributed by atoms with Gasteiger partial charge in [-0.15, -0.1) is 0 Å². The van der Waals surface area contributed by atoms with Gasteiger partial charge in [0.1, 0.15) is 23.2 Å². The van der Waals surface area contributed by atoms with Gasteiger partial charge in [-0.3, -0.25) is 33.5 Å². The molecule has 0 spiro atoms. The number of ether oxygens (including phenoxy) is 1. The minimum atomic E-state index is -4.66. The van der Waals surface area contributed by atoms with Gasteiger partial charge in [0, 0.05) is 37.7 Å². The average molecular weight is 815 g/mol. The summed E-state index contributed by atoms with van der Waals surface area (Å²) in [5.74, 6) is 0.140. The molecule has 3 aromatic heterocycles. The number of fused-ring (bicyclic) bond motifs is 2. The number of benzene rings is 2. The van der Waals surface area contributed by atoms with E-state index < -0.39 is 29.7 Å². The lowest BCUT2D eigenvalue weighted by Gasteiger charge is -2.36.